The first-order valence-corrected chi connectivity index (χ1v) is 7.36. The van der Waals surface area contributed by atoms with Gasteiger partial charge in [-0.3, -0.25) is 0 Å². The number of carbonyl (C=O) groups is 1. The van der Waals surface area contributed by atoms with Crippen molar-refractivity contribution in [3.63, 3.8) is 0 Å². The van der Waals surface area contributed by atoms with Gasteiger partial charge in [0.05, 0.1) is 0 Å². The maximum atomic E-state index is 11.4. The zero-order chi connectivity index (χ0) is 15.9. The summed E-state index contributed by atoms with van der Waals surface area (Å²) >= 11 is 5.20. The lowest BCUT2D eigenvalue weighted by Crippen LogP contribution is -2.44. The Morgan fingerprint density at radius 2 is 1.77 bits per heavy atom. The molecule has 2 aromatic carbocycles. The van der Waals surface area contributed by atoms with Gasteiger partial charge in [-0.1, -0.05) is 48.0 Å². The van der Waals surface area contributed by atoms with Crippen molar-refractivity contribution in [2.75, 3.05) is 5.32 Å². The van der Waals surface area contributed by atoms with E-state index >= 15 is 0 Å². The maximum absolute atomic E-state index is 11.4. The van der Waals surface area contributed by atoms with Gasteiger partial charge >= 0.3 is 5.97 Å². The van der Waals surface area contributed by atoms with Crippen LogP contribution < -0.4 is 10.6 Å². The molecule has 3 N–H and O–H groups in total. The zero-order valence-corrected chi connectivity index (χ0v) is 13.1. The number of carboxylic acid groups (broad SMARTS) is 1. The highest BCUT2D eigenvalue weighted by Crippen LogP contribution is 2.09. The monoisotopic (exact) mass is 314 g/mol. The lowest BCUT2D eigenvalue weighted by molar-refractivity contribution is -0.139. The van der Waals surface area contributed by atoms with Crippen molar-refractivity contribution in [1.82, 2.24) is 5.32 Å². The van der Waals surface area contributed by atoms with Crippen LogP contribution in [0.5, 0.6) is 0 Å². The van der Waals surface area contributed by atoms with E-state index < -0.39 is 12.0 Å². The van der Waals surface area contributed by atoms with Crippen LogP contribution in [0.15, 0.2) is 54.6 Å². The Balaban J connectivity index is 1.97. The van der Waals surface area contributed by atoms with E-state index in [1.165, 1.54) is 0 Å². The van der Waals surface area contributed by atoms with Crippen molar-refractivity contribution in [1.29, 1.82) is 0 Å². The molecule has 0 heterocycles. The van der Waals surface area contributed by atoms with Crippen LogP contribution in [0.3, 0.4) is 0 Å². The summed E-state index contributed by atoms with van der Waals surface area (Å²) < 4.78 is 0. The molecule has 5 heteroatoms. The molecule has 0 saturated heterocycles. The Bertz CT molecular complexity index is 641. The molecule has 1 atom stereocenters. The maximum Gasteiger partial charge on any atom is 0.326 e. The van der Waals surface area contributed by atoms with E-state index in [9.17, 15) is 9.90 Å². The first kappa shape index (κ1) is 16.0. The van der Waals surface area contributed by atoms with Crippen LogP contribution in [-0.4, -0.2) is 22.2 Å². The van der Waals surface area contributed by atoms with Gasteiger partial charge in [0.1, 0.15) is 6.04 Å². The van der Waals surface area contributed by atoms with Crippen molar-refractivity contribution < 1.29 is 9.90 Å². The van der Waals surface area contributed by atoms with Gasteiger partial charge in [0, 0.05) is 12.1 Å². The SMILES string of the molecule is Cc1ccc(NC(=S)NC(Cc2ccccc2)C(=O)O)cc1. The van der Waals surface area contributed by atoms with Gasteiger partial charge < -0.3 is 15.7 Å². The molecule has 0 saturated carbocycles. The second kappa shape index (κ2) is 7.56. The fraction of sp³-hybridized carbons (Fsp3) is 0.176. The smallest absolute Gasteiger partial charge is 0.326 e. The van der Waals surface area contributed by atoms with E-state index in [1.807, 2.05) is 61.5 Å². The van der Waals surface area contributed by atoms with Gasteiger partial charge in [-0.05, 0) is 36.8 Å². The van der Waals surface area contributed by atoms with E-state index in [2.05, 4.69) is 10.6 Å². The van der Waals surface area contributed by atoms with Gasteiger partial charge in [-0.15, -0.1) is 0 Å². The normalized spacial score (nSPS) is 11.5. The summed E-state index contributed by atoms with van der Waals surface area (Å²) in [6.45, 7) is 2.00. The minimum Gasteiger partial charge on any atom is -0.480 e. The molecule has 0 spiro atoms. The number of anilines is 1. The second-order valence-electron chi connectivity index (χ2n) is 5.05. The molecule has 0 aliphatic heterocycles. The predicted octanol–water partition coefficient (Wildman–Crippen LogP) is 2.98. The van der Waals surface area contributed by atoms with Crippen molar-refractivity contribution in [3.05, 3.63) is 65.7 Å². The largest absolute Gasteiger partial charge is 0.480 e. The summed E-state index contributed by atoms with van der Waals surface area (Å²) in [4.78, 5) is 11.4. The highest BCUT2D eigenvalue weighted by Gasteiger charge is 2.18. The number of thiocarbonyl (C=S) groups is 1. The fourth-order valence-corrected chi connectivity index (χ4v) is 2.27. The van der Waals surface area contributed by atoms with Gasteiger partial charge in [0.15, 0.2) is 5.11 Å². The summed E-state index contributed by atoms with van der Waals surface area (Å²) in [6, 6.07) is 16.4. The van der Waals surface area contributed by atoms with Crippen molar-refractivity contribution in [2.45, 2.75) is 19.4 Å². The van der Waals surface area contributed by atoms with E-state index in [1.54, 1.807) is 0 Å². The van der Waals surface area contributed by atoms with Crippen LogP contribution in [0.2, 0.25) is 0 Å². The molecule has 0 aliphatic carbocycles. The molecular weight excluding hydrogens is 296 g/mol. The third kappa shape index (κ3) is 4.86. The number of rotatable bonds is 5. The first-order chi connectivity index (χ1) is 10.5. The molecule has 0 fully saturated rings. The number of carboxylic acids is 1. The van der Waals surface area contributed by atoms with Crippen LogP contribution in [0.25, 0.3) is 0 Å². The average molecular weight is 314 g/mol. The Hall–Kier alpha value is -2.40. The molecule has 1 unspecified atom stereocenters. The van der Waals surface area contributed by atoms with Gasteiger partial charge in [0.2, 0.25) is 0 Å². The Kier molecular flexibility index (Phi) is 5.49. The standard InChI is InChI=1S/C17H18N2O2S/c1-12-7-9-14(10-8-12)18-17(22)19-15(16(20)21)11-13-5-3-2-4-6-13/h2-10,15H,11H2,1H3,(H,20,21)(H2,18,19,22). The van der Waals surface area contributed by atoms with Crippen LogP contribution in [0.4, 0.5) is 5.69 Å². The van der Waals surface area contributed by atoms with E-state index in [0.717, 1.165) is 16.8 Å². The minimum absolute atomic E-state index is 0.298. The number of aliphatic carboxylic acids is 1. The summed E-state index contributed by atoms with van der Waals surface area (Å²) in [5.74, 6) is -0.933. The van der Waals surface area contributed by atoms with E-state index in [-0.39, 0.29) is 0 Å². The third-order valence-electron chi connectivity index (χ3n) is 3.20. The molecular formula is C17H18N2O2S. The molecule has 2 aromatic rings. The zero-order valence-electron chi connectivity index (χ0n) is 12.2. The molecule has 114 valence electrons. The van der Waals surface area contributed by atoms with Crippen molar-refractivity contribution in [2.24, 2.45) is 0 Å². The number of hydrogen-bond donors (Lipinski definition) is 3. The topological polar surface area (TPSA) is 61.4 Å². The quantitative estimate of drug-likeness (QED) is 0.741. The molecule has 0 bridgehead atoms. The first-order valence-electron chi connectivity index (χ1n) is 6.95. The molecule has 4 nitrogen and oxygen atoms in total. The lowest BCUT2D eigenvalue weighted by Gasteiger charge is -2.17. The van der Waals surface area contributed by atoms with Gasteiger partial charge in [-0.25, -0.2) is 4.79 Å². The van der Waals surface area contributed by atoms with E-state index in [0.29, 0.717) is 11.5 Å². The third-order valence-corrected chi connectivity index (χ3v) is 3.42. The Labute approximate surface area is 135 Å². The molecule has 0 amide bonds. The van der Waals surface area contributed by atoms with Gasteiger partial charge in [-0.2, -0.15) is 0 Å². The van der Waals surface area contributed by atoms with Crippen LogP contribution >= 0.6 is 12.2 Å². The molecule has 2 rings (SSSR count). The average Bonchev–Trinajstić information content (AvgIpc) is 2.50. The number of hydrogen-bond acceptors (Lipinski definition) is 2. The summed E-state index contributed by atoms with van der Waals surface area (Å²) in [7, 11) is 0. The second-order valence-corrected chi connectivity index (χ2v) is 5.45. The van der Waals surface area contributed by atoms with Crippen molar-refractivity contribution >= 4 is 29.0 Å². The number of nitrogens with one attached hydrogen (secondary N) is 2. The minimum atomic E-state index is -0.933. The Morgan fingerprint density at radius 3 is 2.36 bits per heavy atom. The molecule has 0 radical (unpaired) electrons. The highest BCUT2D eigenvalue weighted by molar-refractivity contribution is 7.80. The molecule has 22 heavy (non-hydrogen) atoms. The van der Waals surface area contributed by atoms with Crippen molar-refractivity contribution in [3.8, 4) is 0 Å². The lowest BCUT2D eigenvalue weighted by atomic mass is 10.1. The van der Waals surface area contributed by atoms with Crippen LogP contribution in [-0.2, 0) is 11.2 Å². The van der Waals surface area contributed by atoms with E-state index in [4.69, 9.17) is 12.2 Å². The Morgan fingerprint density at radius 1 is 1.14 bits per heavy atom. The summed E-state index contributed by atoms with van der Waals surface area (Å²) in [5, 5.41) is 15.5. The highest BCUT2D eigenvalue weighted by atomic mass is 32.1. The van der Waals surface area contributed by atoms with Crippen LogP contribution in [0, 0.1) is 6.92 Å². The van der Waals surface area contributed by atoms with Gasteiger partial charge in [0.25, 0.3) is 0 Å². The molecule has 0 aromatic heterocycles. The summed E-state index contributed by atoms with van der Waals surface area (Å²) in [5.41, 5.74) is 2.92. The summed E-state index contributed by atoms with van der Waals surface area (Å²) in [6.07, 6.45) is 0.367. The predicted molar refractivity (Wildman–Crippen MR) is 92.1 cm³/mol. The molecule has 0 aliphatic rings. The number of aryl methyl sites for hydroxylation is 1. The number of benzene rings is 2. The fourth-order valence-electron chi connectivity index (χ4n) is 2.01. The van der Waals surface area contributed by atoms with Crippen LogP contribution in [0.1, 0.15) is 11.1 Å².